The lowest BCUT2D eigenvalue weighted by Crippen LogP contribution is -2.46. The number of nitrogens with zero attached hydrogens (tertiary/aromatic N) is 1. The lowest BCUT2D eigenvalue weighted by molar-refractivity contribution is -0.137. The summed E-state index contributed by atoms with van der Waals surface area (Å²) in [6, 6.07) is 0. The second-order valence-electron chi connectivity index (χ2n) is 4.69. The molecule has 1 amide bonds. The van der Waals surface area contributed by atoms with E-state index in [9.17, 15) is 4.79 Å². The number of amides is 1. The van der Waals surface area contributed by atoms with Gasteiger partial charge in [-0.2, -0.15) is 0 Å². The molecule has 2 saturated carbocycles. The van der Waals surface area contributed by atoms with Crippen molar-refractivity contribution in [2.75, 3.05) is 20.2 Å². The van der Waals surface area contributed by atoms with Crippen molar-refractivity contribution in [3.63, 3.8) is 0 Å². The smallest absolute Gasteiger partial charge is 0.230 e. The summed E-state index contributed by atoms with van der Waals surface area (Å²) in [5.41, 5.74) is 5.63. The summed E-state index contributed by atoms with van der Waals surface area (Å²) in [7, 11) is 1.74. The van der Waals surface area contributed by atoms with E-state index in [4.69, 9.17) is 10.8 Å². The van der Waals surface area contributed by atoms with Gasteiger partial charge in [0.1, 0.15) is 0 Å². The van der Waals surface area contributed by atoms with Crippen molar-refractivity contribution in [1.82, 2.24) is 4.90 Å². The Kier molecular flexibility index (Phi) is 2.08. The fourth-order valence-electron chi connectivity index (χ4n) is 2.28. The Morgan fingerprint density at radius 2 is 2.00 bits per heavy atom. The van der Waals surface area contributed by atoms with Crippen molar-refractivity contribution in [3.05, 3.63) is 0 Å². The monoisotopic (exact) mass is 198 g/mol. The van der Waals surface area contributed by atoms with Gasteiger partial charge in [0.2, 0.25) is 5.91 Å². The average Bonchev–Trinajstić information content (AvgIpc) is 2.98. The predicted molar refractivity (Wildman–Crippen MR) is 52.5 cm³/mol. The lowest BCUT2D eigenvalue weighted by atomic mass is 9.93. The van der Waals surface area contributed by atoms with Crippen LogP contribution in [0.25, 0.3) is 0 Å². The highest BCUT2D eigenvalue weighted by atomic mass is 16.3. The maximum Gasteiger partial charge on any atom is 0.230 e. The molecule has 4 nitrogen and oxygen atoms in total. The van der Waals surface area contributed by atoms with E-state index in [1.54, 1.807) is 11.9 Å². The first-order chi connectivity index (χ1) is 6.56. The quantitative estimate of drug-likeness (QED) is 0.652. The summed E-state index contributed by atoms with van der Waals surface area (Å²) in [5.74, 6) is 0.131. The minimum absolute atomic E-state index is 0.0237. The number of hydrogen-bond acceptors (Lipinski definition) is 3. The molecule has 2 rings (SSSR count). The van der Waals surface area contributed by atoms with Gasteiger partial charge >= 0.3 is 0 Å². The summed E-state index contributed by atoms with van der Waals surface area (Å²) in [6.45, 7) is 0.437. The van der Waals surface area contributed by atoms with Gasteiger partial charge in [-0.25, -0.2) is 0 Å². The molecule has 0 spiro atoms. The maximum absolute atomic E-state index is 12.0. The van der Waals surface area contributed by atoms with Crippen LogP contribution >= 0.6 is 0 Å². The fraction of sp³-hybridized carbons (Fsp3) is 0.900. The van der Waals surface area contributed by atoms with Crippen LogP contribution in [0.15, 0.2) is 0 Å². The molecule has 0 bridgehead atoms. The highest BCUT2D eigenvalue weighted by Gasteiger charge is 2.68. The molecule has 0 aromatic heterocycles. The molecule has 14 heavy (non-hydrogen) atoms. The highest BCUT2D eigenvalue weighted by Crippen LogP contribution is 2.63. The topological polar surface area (TPSA) is 66.6 Å². The van der Waals surface area contributed by atoms with Gasteiger partial charge in [0, 0.05) is 19.1 Å². The number of nitrogens with two attached hydrogens (primary N) is 1. The third-order valence-electron chi connectivity index (χ3n) is 3.68. The van der Waals surface area contributed by atoms with E-state index in [1.165, 1.54) is 0 Å². The summed E-state index contributed by atoms with van der Waals surface area (Å²) in [5, 5.41) is 8.76. The van der Waals surface area contributed by atoms with E-state index in [0.29, 0.717) is 6.54 Å². The van der Waals surface area contributed by atoms with Gasteiger partial charge < -0.3 is 15.7 Å². The molecule has 0 radical (unpaired) electrons. The normalized spacial score (nSPS) is 25.6. The van der Waals surface area contributed by atoms with Crippen LogP contribution in [0.4, 0.5) is 0 Å². The molecule has 80 valence electrons. The number of aliphatic hydroxyl groups is 1. The third-order valence-corrected chi connectivity index (χ3v) is 3.68. The van der Waals surface area contributed by atoms with Crippen molar-refractivity contribution in [2.45, 2.75) is 31.2 Å². The SMILES string of the molecule is CN(CCO)C(=O)C1(C2(N)CC2)CC1. The zero-order valence-electron chi connectivity index (χ0n) is 8.62. The lowest BCUT2D eigenvalue weighted by Gasteiger charge is -2.27. The molecular weight excluding hydrogens is 180 g/mol. The van der Waals surface area contributed by atoms with Crippen molar-refractivity contribution in [3.8, 4) is 0 Å². The van der Waals surface area contributed by atoms with Crippen molar-refractivity contribution >= 4 is 5.91 Å². The van der Waals surface area contributed by atoms with Crippen LogP contribution in [-0.4, -0.2) is 41.7 Å². The van der Waals surface area contributed by atoms with Crippen LogP contribution < -0.4 is 5.73 Å². The van der Waals surface area contributed by atoms with Gasteiger partial charge in [0.15, 0.2) is 0 Å². The Balaban J connectivity index is 2.04. The second kappa shape index (κ2) is 2.94. The van der Waals surface area contributed by atoms with E-state index >= 15 is 0 Å². The summed E-state index contributed by atoms with van der Waals surface area (Å²) >= 11 is 0. The highest BCUT2D eigenvalue weighted by molar-refractivity contribution is 5.87. The number of carbonyl (C=O) groups is 1. The van der Waals surface area contributed by atoms with E-state index in [0.717, 1.165) is 25.7 Å². The van der Waals surface area contributed by atoms with Crippen LogP contribution in [0.3, 0.4) is 0 Å². The predicted octanol–water partition coefficient (Wildman–Crippen LogP) is -0.291. The first kappa shape index (κ1) is 9.93. The first-order valence-corrected chi connectivity index (χ1v) is 5.21. The van der Waals surface area contributed by atoms with E-state index < -0.39 is 0 Å². The number of hydrogen-bond donors (Lipinski definition) is 2. The van der Waals surface area contributed by atoms with Crippen LogP contribution in [0, 0.1) is 5.41 Å². The molecule has 2 aliphatic rings. The maximum atomic E-state index is 12.0. The Morgan fingerprint density at radius 3 is 2.36 bits per heavy atom. The van der Waals surface area contributed by atoms with Crippen LogP contribution in [-0.2, 0) is 4.79 Å². The molecule has 0 heterocycles. The van der Waals surface area contributed by atoms with Crippen LogP contribution in [0.1, 0.15) is 25.7 Å². The van der Waals surface area contributed by atoms with Gasteiger partial charge in [0.25, 0.3) is 0 Å². The van der Waals surface area contributed by atoms with Gasteiger partial charge in [0.05, 0.1) is 12.0 Å². The van der Waals surface area contributed by atoms with Gasteiger partial charge in [-0.1, -0.05) is 0 Å². The zero-order chi connectivity index (χ0) is 10.4. The summed E-state index contributed by atoms with van der Waals surface area (Å²) in [4.78, 5) is 13.6. The van der Waals surface area contributed by atoms with Gasteiger partial charge in [-0.15, -0.1) is 0 Å². The Hall–Kier alpha value is -0.610. The Labute approximate surface area is 84.1 Å². The molecule has 3 N–H and O–H groups in total. The molecule has 0 aliphatic heterocycles. The minimum atomic E-state index is -0.267. The Bertz CT molecular complexity index is 257. The molecule has 4 heteroatoms. The molecule has 2 fully saturated rings. The Morgan fingerprint density at radius 1 is 1.43 bits per heavy atom. The molecule has 0 aromatic rings. The van der Waals surface area contributed by atoms with Crippen LogP contribution in [0.2, 0.25) is 0 Å². The number of rotatable bonds is 4. The summed E-state index contributed by atoms with van der Waals surface area (Å²) in [6.07, 6.45) is 3.81. The number of likely N-dealkylation sites (N-methyl/N-ethyl adjacent to an activating group) is 1. The van der Waals surface area contributed by atoms with Crippen LogP contribution in [0.5, 0.6) is 0 Å². The van der Waals surface area contributed by atoms with Gasteiger partial charge in [-0.3, -0.25) is 4.79 Å². The van der Waals surface area contributed by atoms with Crippen molar-refractivity contribution < 1.29 is 9.90 Å². The van der Waals surface area contributed by atoms with Gasteiger partial charge in [-0.05, 0) is 25.7 Å². The number of aliphatic hydroxyl groups excluding tert-OH is 1. The standard InChI is InChI=1S/C10H18N2O2/c1-12(6-7-13)8(14)9(2-3-9)10(11)4-5-10/h13H,2-7,11H2,1H3. The van der Waals surface area contributed by atoms with Crippen molar-refractivity contribution in [2.24, 2.45) is 11.1 Å². The molecule has 0 atom stereocenters. The zero-order valence-corrected chi connectivity index (χ0v) is 8.62. The number of carbonyl (C=O) groups excluding carboxylic acids is 1. The molecular formula is C10H18N2O2. The van der Waals surface area contributed by atoms with Crippen molar-refractivity contribution in [1.29, 1.82) is 0 Å². The molecule has 0 saturated heterocycles. The van der Waals surface area contributed by atoms with E-state index in [2.05, 4.69) is 0 Å². The molecule has 0 unspecified atom stereocenters. The second-order valence-corrected chi connectivity index (χ2v) is 4.69. The van der Waals surface area contributed by atoms with E-state index in [-0.39, 0.29) is 23.5 Å². The average molecular weight is 198 g/mol. The summed E-state index contributed by atoms with van der Waals surface area (Å²) < 4.78 is 0. The molecule has 0 aromatic carbocycles. The largest absolute Gasteiger partial charge is 0.395 e. The first-order valence-electron chi connectivity index (χ1n) is 5.21. The minimum Gasteiger partial charge on any atom is -0.395 e. The molecule has 2 aliphatic carbocycles. The van der Waals surface area contributed by atoms with E-state index in [1.807, 2.05) is 0 Å². The third kappa shape index (κ3) is 1.25. The fourth-order valence-corrected chi connectivity index (χ4v) is 2.28.